The summed E-state index contributed by atoms with van der Waals surface area (Å²) in [4.78, 5) is 12.1. The SMILES string of the molecule is CNCC(O)c1cccc(NC(=O)c2cccc(Cl)c2)c1. The Morgan fingerprint density at radius 1 is 1.24 bits per heavy atom. The van der Waals surface area contributed by atoms with Crippen molar-refractivity contribution in [2.75, 3.05) is 18.9 Å². The Balaban J connectivity index is 2.12. The molecule has 1 atom stereocenters. The van der Waals surface area contributed by atoms with Crippen LogP contribution in [0.15, 0.2) is 48.5 Å². The van der Waals surface area contributed by atoms with E-state index in [2.05, 4.69) is 10.6 Å². The summed E-state index contributed by atoms with van der Waals surface area (Å²) in [6.45, 7) is 0.450. The van der Waals surface area contributed by atoms with Crippen LogP contribution in [-0.2, 0) is 0 Å². The maximum atomic E-state index is 12.1. The lowest BCUT2D eigenvalue weighted by atomic mass is 10.1. The molecule has 110 valence electrons. The van der Waals surface area contributed by atoms with Crippen molar-refractivity contribution >= 4 is 23.2 Å². The summed E-state index contributed by atoms with van der Waals surface area (Å²) in [5.74, 6) is -0.238. The normalized spacial score (nSPS) is 12.0. The van der Waals surface area contributed by atoms with E-state index in [9.17, 15) is 9.90 Å². The molecule has 2 rings (SSSR count). The molecule has 4 nitrogen and oxygen atoms in total. The lowest BCUT2D eigenvalue weighted by molar-refractivity contribution is 0.102. The van der Waals surface area contributed by atoms with Crippen molar-refractivity contribution in [3.63, 3.8) is 0 Å². The molecule has 0 aliphatic carbocycles. The number of aliphatic hydroxyl groups excluding tert-OH is 1. The van der Waals surface area contributed by atoms with Gasteiger partial charge in [0.1, 0.15) is 0 Å². The number of likely N-dealkylation sites (N-methyl/N-ethyl adjacent to an activating group) is 1. The number of hydrogen-bond donors (Lipinski definition) is 3. The van der Waals surface area contributed by atoms with Gasteiger partial charge in [-0.25, -0.2) is 0 Å². The van der Waals surface area contributed by atoms with Crippen LogP contribution in [0.2, 0.25) is 5.02 Å². The highest BCUT2D eigenvalue weighted by Gasteiger charge is 2.09. The molecular weight excluding hydrogens is 288 g/mol. The number of aliphatic hydroxyl groups is 1. The Kier molecular flexibility index (Phi) is 5.33. The van der Waals surface area contributed by atoms with Crippen molar-refractivity contribution in [1.82, 2.24) is 5.32 Å². The highest BCUT2D eigenvalue weighted by Crippen LogP contribution is 2.18. The molecule has 1 amide bonds. The predicted octanol–water partition coefficient (Wildman–Crippen LogP) is 2.85. The first-order valence-corrected chi connectivity index (χ1v) is 6.97. The third-order valence-corrected chi connectivity index (χ3v) is 3.25. The number of halogens is 1. The van der Waals surface area contributed by atoms with Crippen LogP contribution < -0.4 is 10.6 Å². The zero-order valence-corrected chi connectivity index (χ0v) is 12.4. The van der Waals surface area contributed by atoms with Gasteiger partial charge in [0, 0.05) is 22.8 Å². The fourth-order valence-electron chi connectivity index (χ4n) is 1.97. The second kappa shape index (κ2) is 7.22. The Labute approximate surface area is 128 Å². The lowest BCUT2D eigenvalue weighted by Crippen LogP contribution is -2.17. The molecule has 0 saturated carbocycles. The molecule has 0 heterocycles. The molecule has 5 heteroatoms. The topological polar surface area (TPSA) is 61.4 Å². The largest absolute Gasteiger partial charge is 0.387 e. The first-order chi connectivity index (χ1) is 10.1. The van der Waals surface area contributed by atoms with Gasteiger partial charge in [-0.3, -0.25) is 4.79 Å². The van der Waals surface area contributed by atoms with Gasteiger partial charge in [-0.1, -0.05) is 29.8 Å². The maximum Gasteiger partial charge on any atom is 0.255 e. The predicted molar refractivity (Wildman–Crippen MR) is 84.7 cm³/mol. The molecule has 0 radical (unpaired) electrons. The highest BCUT2D eigenvalue weighted by atomic mass is 35.5. The smallest absolute Gasteiger partial charge is 0.255 e. The van der Waals surface area contributed by atoms with E-state index in [1.807, 2.05) is 6.07 Å². The number of nitrogens with one attached hydrogen (secondary N) is 2. The second-order valence-electron chi connectivity index (χ2n) is 4.66. The van der Waals surface area contributed by atoms with Crippen LogP contribution >= 0.6 is 11.6 Å². The van der Waals surface area contributed by atoms with Crippen molar-refractivity contribution in [3.05, 3.63) is 64.7 Å². The van der Waals surface area contributed by atoms with Crippen molar-refractivity contribution in [3.8, 4) is 0 Å². The van der Waals surface area contributed by atoms with Crippen LogP contribution in [0.25, 0.3) is 0 Å². The molecule has 0 aliphatic heterocycles. The van der Waals surface area contributed by atoms with Crippen molar-refractivity contribution in [1.29, 1.82) is 0 Å². The molecule has 0 bridgehead atoms. The van der Waals surface area contributed by atoms with Crippen molar-refractivity contribution in [2.24, 2.45) is 0 Å². The summed E-state index contributed by atoms with van der Waals surface area (Å²) < 4.78 is 0. The van der Waals surface area contributed by atoms with Gasteiger partial charge < -0.3 is 15.7 Å². The van der Waals surface area contributed by atoms with Crippen LogP contribution in [0.3, 0.4) is 0 Å². The Bertz CT molecular complexity index is 631. The fourth-order valence-corrected chi connectivity index (χ4v) is 2.16. The quantitative estimate of drug-likeness (QED) is 0.796. The molecule has 1 unspecified atom stereocenters. The maximum absolute atomic E-state index is 12.1. The number of amides is 1. The molecular formula is C16H17ClN2O2. The van der Waals surface area contributed by atoms with E-state index in [1.54, 1.807) is 49.5 Å². The zero-order valence-electron chi connectivity index (χ0n) is 11.6. The summed E-state index contributed by atoms with van der Waals surface area (Å²) in [5.41, 5.74) is 1.87. The average molecular weight is 305 g/mol. The number of carbonyl (C=O) groups is 1. The summed E-state index contributed by atoms with van der Waals surface area (Å²) >= 11 is 5.87. The van der Waals surface area contributed by atoms with Gasteiger partial charge in [0.15, 0.2) is 0 Å². The molecule has 0 spiro atoms. The third-order valence-electron chi connectivity index (χ3n) is 3.01. The first kappa shape index (κ1) is 15.5. The molecule has 3 N–H and O–H groups in total. The Hall–Kier alpha value is -1.88. The van der Waals surface area contributed by atoms with Crippen LogP contribution in [0.5, 0.6) is 0 Å². The minimum Gasteiger partial charge on any atom is -0.387 e. The van der Waals surface area contributed by atoms with E-state index in [-0.39, 0.29) is 5.91 Å². The minimum absolute atomic E-state index is 0.238. The molecule has 0 saturated heterocycles. The summed E-state index contributed by atoms with van der Waals surface area (Å²) in [5, 5.41) is 16.2. The van der Waals surface area contributed by atoms with E-state index in [4.69, 9.17) is 11.6 Å². The van der Waals surface area contributed by atoms with Crippen LogP contribution in [0, 0.1) is 0 Å². The molecule has 0 aromatic heterocycles. The highest BCUT2D eigenvalue weighted by molar-refractivity contribution is 6.31. The van der Waals surface area contributed by atoms with Crippen molar-refractivity contribution in [2.45, 2.75) is 6.10 Å². The molecule has 2 aromatic rings. The van der Waals surface area contributed by atoms with Crippen molar-refractivity contribution < 1.29 is 9.90 Å². The average Bonchev–Trinajstić information content (AvgIpc) is 2.48. The monoisotopic (exact) mass is 304 g/mol. The van der Waals surface area contributed by atoms with E-state index in [1.165, 1.54) is 0 Å². The van der Waals surface area contributed by atoms with Gasteiger partial charge in [0.25, 0.3) is 5.91 Å². The van der Waals surface area contributed by atoms with E-state index in [0.717, 1.165) is 5.56 Å². The molecule has 21 heavy (non-hydrogen) atoms. The van der Waals surface area contributed by atoms with E-state index < -0.39 is 6.10 Å². The number of carbonyl (C=O) groups excluding carboxylic acids is 1. The Morgan fingerprint density at radius 3 is 2.71 bits per heavy atom. The molecule has 2 aromatic carbocycles. The van der Waals surface area contributed by atoms with Gasteiger partial charge in [0.05, 0.1) is 6.10 Å². The van der Waals surface area contributed by atoms with Gasteiger partial charge in [-0.05, 0) is 42.9 Å². The lowest BCUT2D eigenvalue weighted by Gasteiger charge is -2.12. The van der Waals surface area contributed by atoms with Gasteiger partial charge in [-0.2, -0.15) is 0 Å². The number of rotatable bonds is 5. The van der Waals surface area contributed by atoms with Crippen LogP contribution in [-0.4, -0.2) is 24.6 Å². The van der Waals surface area contributed by atoms with Crippen LogP contribution in [0.1, 0.15) is 22.0 Å². The zero-order chi connectivity index (χ0) is 15.2. The Morgan fingerprint density at radius 2 is 2.00 bits per heavy atom. The third kappa shape index (κ3) is 4.29. The van der Waals surface area contributed by atoms with Crippen LogP contribution in [0.4, 0.5) is 5.69 Å². The summed E-state index contributed by atoms with van der Waals surface area (Å²) in [6, 6.07) is 13.9. The van der Waals surface area contributed by atoms with Gasteiger partial charge >= 0.3 is 0 Å². The number of benzene rings is 2. The number of anilines is 1. The second-order valence-corrected chi connectivity index (χ2v) is 5.10. The fraction of sp³-hybridized carbons (Fsp3) is 0.188. The number of hydrogen-bond acceptors (Lipinski definition) is 3. The standard InChI is InChI=1S/C16H17ClN2O2/c1-18-10-15(20)11-4-3-7-14(9-11)19-16(21)12-5-2-6-13(17)8-12/h2-9,15,18,20H,10H2,1H3,(H,19,21). The summed E-state index contributed by atoms with van der Waals surface area (Å²) in [7, 11) is 1.77. The van der Waals surface area contributed by atoms with E-state index >= 15 is 0 Å². The van der Waals surface area contributed by atoms with Gasteiger partial charge in [0.2, 0.25) is 0 Å². The summed E-state index contributed by atoms with van der Waals surface area (Å²) in [6.07, 6.45) is -0.613. The minimum atomic E-state index is -0.613. The first-order valence-electron chi connectivity index (χ1n) is 6.59. The molecule has 0 aliphatic rings. The van der Waals surface area contributed by atoms with E-state index in [0.29, 0.717) is 22.8 Å². The molecule has 0 fully saturated rings. The van der Waals surface area contributed by atoms with Gasteiger partial charge in [-0.15, -0.1) is 0 Å².